The number of likely N-dealkylation sites (N-methyl/N-ethyl adjacent to an activating group) is 1. The maximum atomic E-state index is 12.6. The van der Waals surface area contributed by atoms with E-state index in [2.05, 4.69) is 0 Å². The van der Waals surface area contributed by atoms with E-state index >= 15 is 0 Å². The molecule has 29 heavy (non-hydrogen) atoms. The second-order valence-electron chi connectivity index (χ2n) is 6.78. The van der Waals surface area contributed by atoms with Crippen LogP contribution in [0.25, 0.3) is 5.69 Å². The Morgan fingerprint density at radius 1 is 1.14 bits per heavy atom. The van der Waals surface area contributed by atoms with Gasteiger partial charge in [0.25, 0.3) is 5.91 Å². The first-order valence-electron chi connectivity index (χ1n) is 9.16. The van der Waals surface area contributed by atoms with E-state index in [0.717, 1.165) is 28.4 Å². The Bertz CT molecular complexity index is 991. The molecule has 0 bridgehead atoms. The van der Waals surface area contributed by atoms with Crippen molar-refractivity contribution in [2.75, 3.05) is 20.8 Å². The lowest BCUT2D eigenvalue weighted by atomic mass is 10.2. The third-order valence-corrected chi connectivity index (χ3v) is 5.47. The number of thiophene rings is 1. The summed E-state index contributed by atoms with van der Waals surface area (Å²) in [4.78, 5) is 26.4. The van der Waals surface area contributed by atoms with Crippen molar-refractivity contribution >= 4 is 23.2 Å². The van der Waals surface area contributed by atoms with Crippen LogP contribution in [0.15, 0.2) is 47.2 Å². The topological polar surface area (TPSA) is 60.8 Å². The second kappa shape index (κ2) is 8.96. The van der Waals surface area contributed by atoms with E-state index in [1.54, 1.807) is 36.5 Å². The fraction of sp³-hybridized carbons (Fsp3) is 0.273. The Morgan fingerprint density at radius 2 is 1.86 bits per heavy atom. The number of aryl methyl sites for hydroxylation is 1. The minimum absolute atomic E-state index is 0.242. The number of ether oxygens (including phenoxy) is 2. The van der Waals surface area contributed by atoms with E-state index in [1.165, 1.54) is 0 Å². The lowest BCUT2D eigenvalue weighted by Crippen LogP contribution is -2.30. The van der Waals surface area contributed by atoms with E-state index in [-0.39, 0.29) is 12.5 Å². The van der Waals surface area contributed by atoms with Gasteiger partial charge in [0, 0.05) is 30.7 Å². The van der Waals surface area contributed by atoms with Crippen LogP contribution >= 0.6 is 11.3 Å². The highest BCUT2D eigenvalue weighted by atomic mass is 32.1. The predicted molar refractivity (Wildman–Crippen MR) is 113 cm³/mol. The molecule has 0 aliphatic heterocycles. The number of rotatable bonds is 7. The summed E-state index contributed by atoms with van der Waals surface area (Å²) in [6.45, 7) is 3.99. The Labute approximate surface area is 174 Å². The summed E-state index contributed by atoms with van der Waals surface area (Å²) in [5.74, 6) is 0.0181. The van der Waals surface area contributed by atoms with Crippen LogP contribution in [0, 0.1) is 13.8 Å². The minimum Gasteiger partial charge on any atom is -0.497 e. The summed E-state index contributed by atoms with van der Waals surface area (Å²) >= 11 is 1.58. The highest BCUT2D eigenvalue weighted by Crippen LogP contribution is 2.23. The third kappa shape index (κ3) is 4.68. The van der Waals surface area contributed by atoms with E-state index in [9.17, 15) is 9.59 Å². The minimum atomic E-state index is -0.504. The highest BCUT2D eigenvalue weighted by Gasteiger charge is 2.20. The number of amides is 1. The molecule has 2 heterocycles. The molecule has 1 amide bonds. The molecule has 6 nitrogen and oxygen atoms in total. The average molecular weight is 413 g/mol. The molecule has 0 atom stereocenters. The first-order valence-corrected chi connectivity index (χ1v) is 10.1. The van der Waals surface area contributed by atoms with Crippen LogP contribution in [0.1, 0.15) is 27.3 Å². The zero-order valence-corrected chi connectivity index (χ0v) is 17.8. The van der Waals surface area contributed by atoms with Gasteiger partial charge in [0.15, 0.2) is 6.61 Å². The number of methoxy groups -OCH3 is 1. The van der Waals surface area contributed by atoms with E-state index < -0.39 is 5.97 Å². The standard InChI is InChI=1S/C22H24N2O4S/c1-15-11-20(16(2)24(15)18-5-7-19(27-4)8-6-18)22(26)28-13-21(25)23(3)12-17-9-10-29-14-17/h5-11,14H,12-13H2,1-4H3. The molecule has 3 aromatic rings. The second-order valence-corrected chi connectivity index (χ2v) is 7.56. The Kier molecular flexibility index (Phi) is 6.39. The van der Waals surface area contributed by atoms with Gasteiger partial charge < -0.3 is 18.9 Å². The Hall–Kier alpha value is -3.06. The Balaban J connectivity index is 1.67. The summed E-state index contributed by atoms with van der Waals surface area (Å²) in [5, 5.41) is 3.95. The van der Waals surface area contributed by atoms with Gasteiger partial charge in [-0.3, -0.25) is 4.79 Å². The fourth-order valence-corrected chi connectivity index (χ4v) is 3.82. The van der Waals surface area contributed by atoms with Crippen molar-refractivity contribution in [1.82, 2.24) is 9.47 Å². The van der Waals surface area contributed by atoms with Gasteiger partial charge in [0.2, 0.25) is 0 Å². The maximum Gasteiger partial charge on any atom is 0.340 e. The van der Waals surface area contributed by atoms with Crippen LogP contribution in [-0.2, 0) is 16.1 Å². The first-order chi connectivity index (χ1) is 13.9. The van der Waals surface area contributed by atoms with Crippen molar-refractivity contribution < 1.29 is 19.1 Å². The normalized spacial score (nSPS) is 10.6. The van der Waals surface area contributed by atoms with Gasteiger partial charge in [-0.25, -0.2) is 4.79 Å². The molecule has 0 aliphatic rings. The van der Waals surface area contributed by atoms with Crippen molar-refractivity contribution in [2.45, 2.75) is 20.4 Å². The number of hydrogen-bond acceptors (Lipinski definition) is 5. The SMILES string of the molecule is COc1ccc(-n2c(C)cc(C(=O)OCC(=O)N(C)Cc3ccsc3)c2C)cc1. The van der Waals surface area contributed by atoms with Crippen LogP contribution in [0.5, 0.6) is 5.75 Å². The van der Waals surface area contributed by atoms with Crippen molar-refractivity contribution in [3.63, 3.8) is 0 Å². The molecule has 1 aromatic carbocycles. The highest BCUT2D eigenvalue weighted by molar-refractivity contribution is 7.07. The largest absolute Gasteiger partial charge is 0.497 e. The van der Waals surface area contributed by atoms with Gasteiger partial charge >= 0.3 is 5.97 Å². The van der Waals surface area contributed by atoms with Gasteiger partial charge in [-0.15, -0.1) is 0 Å². The molecule has 0 N–H and O–H groups in total. The van der Waals surface area contributed by atoms with Crippen LogP contribution in [0.2, 0.25) is 0 Å². The molecular weight excluding hydrogens is 388 g/mol. The first kappa shape index (κ1) is 20.7. The van der Waals surface area contributed by atoms with Crippen LogP contribution in [0.3, 0.4) is 0 Å². The van der Waals surface area contributed by atoms with Crippen molar-refractivity contribution in [3.8, 4) is 11.4 Å². The maximum absolute atomic E-state index is 12.6. The zero-order chi connectivity index (χ0) is 21.0. The van der Waals surface area contributed by atoms with Gasteiger partial charge in [-0.05, 0) is 66.6 Å². The summed E-state index contributed by atoms with van der Waals surface area (Å²) < 4.78 is 12.5. The summed E-state index contributed by atoms with van der Waals surface area (Å²) in [6, 6.07) is 11.3. The smallest absolute Gasteiger partial charge is 0.340 e. The van der Waals surface area contributed by atoms with Crippen LogP contribution < -0.4 is 4.74 Å². The molecule has 0 aliphatic carbocycles. The number of aromatic nitrogens is 1. The number of esters is 1. The molecule has 3 rings (SSSR count). The van der Waals surface area contributed by atoms with E-state index in [4.69, 9.17) is 9.47 Å². The molecule has 0 saturated carbocycles. The Morgan fingerprint density at radius 3 is 2.48 bits per heavy atom. The van der Waals surface area contributed by atoms with Crippen LogP contribution in [-0.4, -0.2) is 42.1 Å². The molecule has 0 radical (unpaired) electrons. The lowest BCUT2D eigenvalue weighted by molar-refractivity contribution is -0.133. The number of hydrogen-bond donors (Lipinski definition) is 0. The molecule has 0 saturated heterocycles. The number of nitrogens with zero attached hydrogens (tertiary/aromatic N) is 2. The average Bonchev–Trinajstić information content (AvgIpc) is 3.33. The molecule has 152 valence electrons. The van der Waals surface area contributed by atoms with Gasteiger partial charge in [-0.1, -0.05) is 0 Å². The molecule has 2 aromatic heterocycles. The van der Waals surface area contributed by atoms with Gasteiger partial charge in [-0.2, -0.15) is 11.3 Å². The molecule has 0 fully saturated rings. The fourth-order valence-electron chi connectivity index (χ4n) is 3.16. The number of carbonyl (C=O) groups excluding carboxylic acids is 2. The van der Waals surface area contributed by atoms with Crippen LogP contribution in [0.4, 0.5) is 0 Å². The zero-order valence-electron chi connectivity index (χ0n) is 17.0. The summed E-state index contributed by atoms with van der Waals surface area (Å²) in [5.41, 5.74) is 4.09. The summed E-state index contributed by atoms with van der Waals surface area (Å²) in [6.07, 6.45) is 0. The van der Waals surface area contributed by atoms with Crippen molar-refractivity contribution in [1.29, 1.82) is 0 Å². The van der Waals surface area contributed by atoms with Crippen molar-refractivity contribution in [2.24, 2.45) is 0 Å². The molecule has 7 heteroatoms. The van der Waals surface area contributed by atoms with Gasteiger partial charge in [0.05, 0.1) is 12.7 Å². The predicted octanol–water partition coefficient (Wildman–Crippen LogP) is 3.98. The molecular formula is C22H24N2O4S. The number of benzene rings is 1. The van der Waals surface area contributed by atoms with E-state index in [0.29, 0.717) is 12.1 Å². The van der Waals surface area contributed by atoms with Crippen molar-refractivity contribution in [3.05, 3.63) is 69.7 Å². The van der Waals surface area contributed by atoms with Gasteiger partial charge in [0.1, 0.15) is 5.75 Å². The van der Waals surface area contributed by atoms with E-state index in [1.807, 2.05) is 59.5 Å². The quantitative estimate of drug-likeness (QED) is 0.551. The number of carbonyl (C=O) groups is 2. The monoisotopic (exact) mass is 412 g/mol. The molecule has 0 unspecified atom stereocenters. The lowest BCUT2D eigenvalue weighted by Gasteiger charge is -2.16. The molecule has 0 spiro atoms. The summed E-state index contributed by atoms with van der Waals surface area (Å²) in [7, 11) is 3.32. The third-order valence-electron chi connectivity index (χ3n) is 4.73.